The summed E-state index contributed by atoms with van der Waals surface area (Å²) in [6, 6.07) is 11.9. The van der Waals surface area contributed by atoms with Crippen molar-refractivity contribution in [1.29, 1.82) is 0 Å². The number of methoxy groups -OCH3 is 1. The fraction of sp³-hybridized carbons (Fsp3) is 0.417. The van der Waals surface area contributed by atoms with E-state index < -0.39 is 0 Å². The molecule has 32 heavy (non-hydrogen) atoms. The molecule has 1 atom stereocenters. The maximum Gasteiger partial charge on any atom is 0.228 e. The number of thiazole rings is 1. The Bertz CT molecular complexity index is 1030. The first-order chi connectivity index (χ1) is 15.5. The van der Waals surface area contributed by atoms with Gasteiger partial charge in [0.1, 0.15) is 5.75 Å². The van der Waals surface area contributed by atoms with E-state index in [2.05, 4.69) is 0 Å². The molecular weight excluding hydrogens is 464 g/mol. The van der Waals surface area contributed by atoms with Crippen LogP contribution in [0.1, 0.15) is 31.2 Å². The van der Waals surface area contributed by atoms with Gasteiger partial charge in [0.05, 0.1) is 35.0 Å². The van der Waals surface area contributed by atoms with Crippen LogP contribution in [-0.2, 0) is 9.53 Å². The first-order valence-electron chi connectivity index (χ1n) is 10.8. The third-order valence-corrected chi connectivity index (χ3v) is 8.13. The van der Waals surface area contributed by atoms with Gasteiger partial charge in [-0.2, -0.15) is 0 Å². The van der Waals surface area contributed by atoms with Crippen LogP contribution in [0.5, 0.6) is 5.75 Å². The highest BCUT2D eigenvalue weighted by molar-refractivity contribution is 7.99. The highest BCUT2D eigenvalue weighted by Crippen LogP contribution is 2.36. The van der Waals surface area contributed by atoms with Crippen molar-refractivity contribution in [2.75, 3.05) is 30.9 Å². The van der Waals surface area contributed by atoms with Gasteiger partial charge in [0, 0.05) is 17.9 Å². The largest absolute Gasteiger partial charge is 0.497 e. The minimum Gasteiger partial charge on any atom is -0.497 e. The highest BCUT2D eigenvalue weighted by Gasteiger charge is 2.26. The van der Waals surface area contributed by atoms with Crippen molar-refractivity contribution in [1.82, 2.24) is 4.98 Å². The predicted octanol–water partition coefficient (Wildman–Crippen LogP) is 6.35. The van der Waals surface area contributed by atoms with Gasteiger partial charge >= 0.3 is 0 Å². The summed E-state index contributed by atoms with van der Waals surface area (Å²) in [5, 5.41) is 1.38. The zero-order valence-corrected chi connectivity index (χ0v) is 20.7. The average molecular weight is 491 g/mol. The number of rotatable bonds is 9. The van der Waals surface area contributed by atoms with Gasteiger partial charge in [0.15, 0.2) is 5.13 Å². The van der Waals surface area contributed by atoms with Crippen LogP contribution >= 0.6 is 34.7 Å². The van der Waals surface area contributed by atoms with Crippen LogP contribution in [0.25, 0.3) is 10.2 Å². The number of nitrogens with zero attached hydrogens (tertiary/aromatic N) is 2. The van der Waals surface area contributed by atoms with E-state index in [0.29, 0.717) is 23.1 Å². The molecule has 0 saturated carbocycles. The van der Waals surface area contributed by atoms with Crippen molar-refractivity contribution < 1.29 is 14.3 Å². The minimum absolute atomic E-state index is 0.0659. The SMILES string of the molecule is COc1ccc(SCCCC(=O)N(CC2CCCO2)c2nc3c(C)ccc(Cl)c3s2)cc1. The van der Waals surface area contributed by atoms with E-state index in [4.69, 9.17) is 26.1 Å². The van der Waals surface area contributed by atoms with Gasteiger partial charge in [-0.1, -0.05) is 29.0 Å². The molecule has 1 aromatic heterocycles. The molecule has 4 rings (SSSR count). The first-order valence-corrected chi connectivity index (χ1v) is 13.0. The number of halogens is 1. The fourth-order valence-corrected chi connectivity index (χ4v) is 5.90. The van der Waals surface area contributed by atoms with Gasteiger partial charge < -0.3 is 9.47 Å². The number of hydrogen-bond donors (Lipinski definition) is 0. The predicted molar refractivity (Wildman–Crippen MR) is 134 cm³/mol. The van der Waals surface area contributed by atoms with Crippen molar-refractivity contribution in [2.24, 2.45) is 0 Å². The van der Waals surface area contributed by atoms with Crippen LogP contribution in [0.4, 0.5) is 5.13 Å². The van der Waals surface area contributed by atoms with Crippen molar-refractivity contribution in [3.63, 3.8) is 0 Å². The van der Waals surface area contributed by atoms with Crippen LogP contribution in [0.15, 0.2) is 41.3 Å². The monoisotopic (exact) mass is 490 g/mol. The number of carbonyl (C=O) groups excluding carboxylic acids is 1. The second kappa shape index (κ2) is 10.9. The number of aromatic nitrogens is 1. The summed E-state index contributed by atoms with van der Waals surface area (Å²) >= 11 is 9.64. The Morgan fingerprint density at radius 2 is 2.12 bits per heavy atom. The zero-order valence-electron chi connectivity index (χ0n) is 18.3. The van der Waals surface area contributed by atoms with E-state index in [1.54, 1.807) is 18.9 Å². The second-order valence-corrected chi connectivity index (χ2v) is 10.4. The lowest BCUT2D eigenvalue weighted by Crippen LogP contribution is -2.37. The van der Waals surface area contributed by atoms with Crippen molar-refractivity contribution in [3.8, 4) is 5.75 Å². The summed E-state index contributed by atoms with van der Waals surface area (Å²) in [5.74, 6) is 1.81. The van der Waals surface area contributed by atoms with Crippen LogP contribution in [-0.4, -0.2) is 43.0 Å². The molecule has 1 fully saturated rings. The summed E-state index contributed by atoms with van der Waals surface area (Å²) in [7, 11) is 1.66. The lowest BCUT2D eigenvalue weighted by Gasteiger charge is -2.23. The number of anilines is 1. The lowest BCUT2D eigenvalue weighted by molar-refractivity contribution is -0.119. The summed E-state index contributed by atoms with van der Waals surface area (Å²) < 4.78 is 12.0. The van der Waals surface area contributed by atoms with Gasteiger partial charge in [-0.05, 0) is 67.8 Å². The molecule has 8 heteroatoms. The summed E-state index contributed by atoms with van der Waals surface area (Å²) in [6.45, 7) is 3.32. The third kappa shape index (κ3) is 5.57. The first kappa shape index (κ1) is 23.4. The van der Waals surface area contributed by atoms with Crippen LogP contribution in [0.2, 0.25) is 5.02 Å². The molecule has 0 bridgehead atoms. The highest BCUT2D eigenvalue weighted by atomic mass is 35.5. The zero-order chi connectivity index (χ0) is 22.5. The number of benzene rings is 2. The molecule has 1 aliphatic rings. The number of hydrogen-bond acceptors (Lipinski definition) is 6. The van der Waals surface area contributed by atoms with Crippen molar-refractivity contribution in [2.45, 2.75) is 43.6 Å². The molecule has 2 heterocycles. The molecule has 1 aliphatic heterocycles. The van der Waals surface area contributed by atoms with Crippen molar-refractivity contribution in [3.05, 3.63) is 47.0 Å². The molecule has 0 aliphatic carbocycles. The van der Waals surface area contributed by atoms with Gasteiger partial charge in [-0.25, -0.2) is 4.98 Å². The van der Waals surface area contributed by atoms with E-state index in [0.717, 1.165) is 53.2 Å². The molecule has 0 radical (unpaired) electrons. The molecule has 1 unspecified atom stereocenters. The summed E-state index contributed by atoms with van der Waals surface area (Å²) in [6.07, 6.45) is 3.34. The molecule has 0 N–H and O–H groups in total. The smallest absolute Gasteiger partial charge is 0.228 e. The van der Waals surface area contributed by atoms with E-state index in [-0.39, 0.29) is 12.0 Å². The van der Waals surface area contributed by atoms with E-state index in [1.165, 1.54) is 16.2 Å². The molecular formula is C24H27ClN2O3S2. The van der Waals surface area contributed by atoms with Crippen LogP contribution < -0.4 is 9.64 Å². The Morgan fingerprint density at radius 1 is 1.31 bits per heavy atom. The molecule has 5 nitrogen and oxygen atoms in total. The average Bonchev–Trinajstić information content (AvgIpc) is 3.48. The Kier molecular flexibility index (Phi) is 7.94. The number of aryl methyl sites for hydroxylation is 1. The number of thioether (sulfide) groups is 1. The van der Waals surface area contributed by atoms with Gasteiger partial charge in [0.2, 0.25) is 5.91 Å². The van der Waals surface area contributed by atoms with Crippen molar-refractivity contribution >= 4 is 56.0 Å². The number of amides is 1. The lowest BCUT2D eigenvalue weighted by atomic mass is 10.2. The van der Waals surface area contributed by atoms with E-state index in [9.17, 15) is 4.79 Å². The topological polar surface area (TPSA) is 51.7 Å². The minimum atomic E-state index is 0.0659. The van der Waals surface area contributed by atoms with Gasteiger partial charge in [-0.3, -0.25) is 9.69 Å². The molecule has 0 spiro atoms. The molecule has 1 amide bonds. The molecule has 3 aromatic rings. The normalized spacial score (nSPS) is 15.9. The number of carbonyl (C=O) groups is 1. The Morgan fingerprint density at radius 3 is 2.81 bits per heavy atom. The number of ether oxygens (including phenoxy) is 2. The van der Waals surface area contributed by atoms with E-state index in [1.807, 2.05) is 48.2 Å². The fourth-order valence-electron chi connectivity index (χ4n) is 3.71. The second-order valence-electron chi connectivity index (χ2n) is 7.81. The molecule has 2 aromatic carbocycles. The van der Waals surface area contributed by atoms with Crippen LogP contribution in [0.3, 0.4) is 0 Å². The maximum absolute atomic E-state index is 13.3. The third-order valence-electron chi connectivity index (χ3n) is 5.49. The summed E-state index contributed by atoms with van der Waals surface area (Å²) in [5.41, 5.74) is 1.94. The quantitative estimate of drug-likeness (QED) is 0.258. The van der Waals surface area contributed by atoms with Gasteiger partial charge in [-0.15, -0.1) is 11.8 Å². The van der Waals surface area contributed by atoms with Gasteiger partial charge in [0.25, 0.3) is 0 Å². The maximum atomic E-state index is 13.3. The Labute approximate surface area is 202 Å². The molecule has 170 valence electrons. The van der Waals surface area contributed by atoms with Crippen LogP contribution in [0, 0.1) is 6.92 Å². The Balaban J connectivity index is 1.43. The van der Waals surface area contributed by atoms with E-state index >= 15 is 0 Å². The molecule has 1 saturated heterocycles. The summed E-state index contributed by atoms with van der Waals surface area (Å²) in [4.78, 5) is 21.0. The Hall–Kier alpha value is -1.80. The standard InChI is InChI=1S/C24H27ClN2O3S2/c1-16-7-12-20(25)23-22(16)26-24(32-23)27(15-18-5-3-13-30-18)21(28)6-4-14-31-19-10-8-17(29-2)9-11-19/h7-12,18H,3-6,13-15H2,1-2H3. The number of fused-ring (bicyclic) bond motifs is 1.